The maximum atomic E-state index is 6.06. The van der Waals surface area contributed by atoms with Crippen LogP contribution in [0.15, 0.2) is 70.7 Å². The minimum Gasteiger partial charge on any atom is -0.256 e. The summed E-state index contributed by atoms with van der Waals surface area (Å²) < 4.78 is 0. The van der Waals surface area contributed by atoms with E-state index in [1.807, 2.05) is 48.5 Å². The van der Waals surface area contributed by atoms with E-state index in [0.29, 0.717) is 10.0 Å². The quantitative estimate of drug-likeness (QED) is 0.425. The normalized spacial score (nSPS) is 11.2. The lowest BCUT2D eigenvalue weighted by Crippen LogP contribution is -1.85. The Kier molecular flexibility index (Phi) is 3.85. The molecule has 0 spiro atoms. The Labute approximate surface area is 147 Å². The van der Waals surface area contributed by atoms with Crippen molar-refractivity contribution in [2.45, 2.75) is 9.79 Å². The second kappa shape index (κ2) is 6.00. The lowest BCUT2D eigenvalue weighted by atomic mass is 10.2. The summed E-state index contributed by atoms with van der Waals surface area (Å²) in [6, 6.07) is 15.6. The van der Waals surface area contributed by atoms with E-state index in [1.165, 1.54) is 0 Å². The Bertz CT molecular complexity index is 951. The van der Waals surface area contributed by atoms with E-state index in [-0.39, 0.29) is 0 Å². The highest BCUT2D eigenvalue weighted by molar-refractivity contribution is 7.99. The van der Waals surface area contributed by atoms with Crippen molar-refractivity contribution in [1.82, 2.24) is 9.97 Å². The van der Waals surface area contributed by atoms with Gasteiger partial charge in [0.25, 0.3) is 0 Å². The molecule has 4 aromatic rings. The van der Waals surface area contributed by atoms with E-state index >= 15 is 0 Å². The molecule has 0 aliphatic carbocycles. The van der Waals surface area contributed by atoms with Gasteiger partial charge < -0.3 is 0 Å². The van der Waals surface area contributed by atoms with E-state index in [9.17, 15) is 0 Å². The number of fused-ring (bicyclic) bond motifs is 2. The van der Waals surface area contributed by atoms with Crippen LogP contribution in [0.3, 0.4) is 0 Å². The maximum Gasteiger partial charge on any atom is 0.0728 e. The van der Waals surface area contributed by atoms with Gasteiger partial charge in [0.1, 0.15) is 0 Å². The first kappa shape index (κ1) is 14.8. The molecule has 0 amide bonds. The van der Waals surface area contributed by atoms with Crippen LogP contribution in [0.2, 0.25) is 10.0 Å². The van der Waals surface area contributed by atoms with Crippen LogP contribution in [0.4, 0.5) is 0 Å². The summed E-state index contributed by atoms with van der Waals surface area (Å²) >= 11 is 13.8. The maximum absolute atomic E-state index is 6.06. The number of hydrogen-bond acceptors (Lipinski definition) is 3. The molecule has 0 atom stereocenters. The Balaban J connectivity index is 1.85. The standard InChI is InChI=1S/C18H10Cl2N2S/c19-11-1-3-13-15(9-11)21-7-5-17(13)23-18-6-8-22-16-10-12(20)2-4-14(16)18/h1-10H. The third-order valence-corrected chi connectivity index (χ3v) is 5.17. The number of benzene rings is 2. The summed E-state index contributed by atoms with van der Waals surface area (Å²) in [6.07, 6.45) is 3.61. The lowest BCUT2D eigenvalue weighted by molar-refractivity contribution is 1.33. The SMILES string of the molecule is Clc1ccc2c(Sc3ccnc4cc(Cl)ccc34)ccnc2c1. The van der Waals surface area contributed by atoms with Crippen molar-refractivity contribution < 1.29 is 0 Å². The third kappa shape index (κ3) is 2.88. The fourth-order valence-electron chi connectivity index (χ4n) is 2.49. The van der Waals surface area contributed by atoms with Crippen LogP contribution in [0.1, 0.15) is 0 Å². The number of aromatic nitrogens is 2. The molecule has 0 saturated heterocycles. The predicted octanol–water partition coefficient (Wildman–Crippen LogP) is 6.24. The Morgan fingerprint density at radius 3 is 1.61 bits per heavy atom. The zero-order valence-electron chi connectivity index (χ0n) is 11.8. The average Bonchev–Trinajstić information content (AvgIpc) is 2.54. The van der Waals surface area contributed by atoms with E-state index in [2.05, 4.69) is 9.97 Å². The highest BCUT2D eigenvalue weighted by Crippen LogP contribution is 2.37. The highest BCUT2D eigenvalue weighted by atomic mass is 35.5. The largest absolute Gasteiger partial charge is 0.256 e. The molecule has 0 saturated carbocycles. The van der Waals surface area contributed by atoms with Crippen LogP contribution in [-0.2, 0) is 0 Å². The summed E-state index contributed by atoms with van der Waals surface area (Å²) in [4.78, 5) is 11.0. The molecular formula is C18H10Cl2N2S. The van der Waals surface area contributed by atoms with Gasteiger partial charge in [0.2, 0.25) is 0 Å². The zero-order valence-corrected chi connectivity index (χ0v) is 14.2. The van der Waals surface area contributed by atoms with E-state index < -0.39 is 0 Å². The molecule has 2 nitrogen and oxygen atoms in total. The summed E-state index contributed by atoms with van der Waals surface area (Å²) in [5, 5.41) is 3.55. The lowest BCUT2D eigenvalue weighted by Gasteiger charge is -2.08. The molecule has 23 heavy (non-hydrogen) atoms. The first-order valence-corrected chi connectivity index (χ1v) is 8.54. The minimum atomic E-state index is 0.691. The van der Waals surface area contributed by atoms with Gasteiger partial charge in [-0.2, -0.15) is 0 Å². The summed E-state index contributed by atoms with van der Waals surface area (Å²) in [5.74, 6) is 0. The van der Waals surface area contributed by atoms with Crippen LogP contribution in [0, 0.1) is 0 Å². The summed E-state index contributed by atoms with van der Waals surface area (Å²) in [7, 11) is 0. The van der Waals surface area contributed by atoms with E-state index in [4.69, 9.17) is 23.2 Å². The average molecular weight is 357 g/mol. The first-order valence-electron chi connectivity index (χ1n) is 6.97. The topological polar surface area (TPSA) is 25.8 Å². The zero-order chi connectivity index (χ0) is 15.8. The molecule has 0 bridgehead atoms. The number of halogens is 2. The third-order valence-electron chi connectivity index (χ3n) is 3.55. The van der Waals surface area contributed by atoms with Gasteiger partial charge in [-0.25, -0.2) is 0 Å². The molecular weight excluding hydrogens is 347 g/mol. The number of pyridine rings is 2. The molecule has 2 aromatic heterocycles. The van der Waals surface area contributed by atoms with Crippen molar-refractivity contribution >= 4 is 56.8 Å². The van der Waals surface area contributed by atoms with Gasteiger partial charge in [-0.3, -0.25) is 9.97 Å². The van der Waals surface area contributed by atoms with Gasteiger partial charge in [0.15, 0.2) is 0 Å². The number of rotatable bonds is 2. The molecule has 2 heterocycles. The van der Waals surface area contributed by atoms with Gasteiger partial charge in [-0.05, 0) is 36.4 Å². The monoisotopic (exact) mass is 356 g/mol. The smallest absolute Gasteiger partial charge is 0.0728 e. The molecule has 0 aliphatic rings. The second-order valence-electron chi connectivity index (χ2n) is 5.04. The Morgan fingerprint density at radius 1 is 0.652 bits per heavy atom. The fourth-order valence-corrected chi connectivity index (χ4v) is 3.88. The van der Waals surface area contributed by atoms with Gasteiger partial charge in [0.05, 0.1) is 11.0 Å². The van der Waals surface area contributed by atoms with Crippen LogP contribution in [0.25, 0.3) is 21.8 Å². The molecule has 0 unspecified atom stereocenters. The molecule has 5 heteroatoms. The number of nitrogens with zero attached hydrogens (tertiary/aromatic N) is 2. The molecule has 0 fully saturated rings. The fraction of sp³-hybridized carbons (Fsp3) is 0. The molecule has 4 rings (SSSR count). The summed E-state index contributed by atoms with van der Waals surface area (Å²) in [5.41, 5.74) is 1.79. The van der Waals surface area contributed by atoms with E-state index in [0.717, 1.165) is 31.6 Å². The van der Waals surface area contributed by atoms with Gasteiger partial charge in [-0.15, -0.1) is 0 Å². The van der Waals surface area contributed by atoms with Gasteiger partial charge >= 0.3 is 0 Å². The van der Waals surface area contributed by atoms with Crippen molar-refractivity contribution in [3.8, 4) is 0 Å². The Morgan fingerprint density at radius 2 is 1.13 bits per heavy atom. The molecule has 2 aromatic carbocycles. The molecule has 0 radical (unpaired) electrons. The second-order valence-corrected chi connectivity index (χ2v) is 7.00. The molecule has 112 valence electrons. The van der Waals surface area contributed by atoms with Crippen molar-refractivity contribution in [2.24, 2.45) is 0 Å². The Hall–Kier alpha value is -1.81. The van der Waals surface area contributed by atoms with Crippen molar-refractivity contribution in [3.05, 3.63) is 71.0 Å². The molecule has 0 aliphatic heterocycles. The van der Waals surface area contributed by atoms with E-state index in [1.54, 1.807) is 24.2 Å². The number of hydrogen-bond donors (Lipinski definition) is 0. The first-order chi connectivity index (χ1) is 11.2. The van der Waals surface area contributed by atoms with Crippen molar-refractivity contribution in [3.63, 3.8) is 0 Å². The van der Waals surface area contributed by atoms with Gasteiger partial charge in [0, 0.05) is 43.0 Å². The highest BCUT2D eigenvalue weighted by Gasteiger charge is 2.08. The van der Waals surface area contributed by atoms with Gasteiger partial charge in [-0.1, -0.05) is 47.1 Å². The van der Waals surface area contributed by atoms with Crippen LogP contribution in [-0.4, -0.2) is 9.97 Å². The van der Waals surface area contributed by atoms with Crippen LogP contribution in [0.5, 0.6) is 0 Å². The van der Waals surface area contributed by atoms with Crippen molar-refractivity contribution in [1.29, 1.82) is 0 Å². The van der Waals surface area contributed by atoms with Crippen LogP contribution < -0.4 is 0 Å². The van der Waals surface area contributed by atoms with Crippen LogP contribution >= 0.6 is 35.0 Å². The predicted molar refractivity (Wildman–Crippen MR) is 97.6 cm³/mol. The minimum absolute atomic E-state index is 0.691. The van der Waals surface area contributed by atoms with Crippen molar-refractivity contribution in [2.75, 3.05) is 0 Å². The molecule has 0 N–H and O–H groups in total. The summed E-state index contributed by atoms with van der Waals surface area (Å²) in [6.45, 7) is 0.